The minimum Gasteiger partial charge on any atom is -0.479 e. The smallest absolute Gasteiger partial charge is 0.274 e. The van der Waals surface area contributed by atoms with Crippen LogP contribution in [0, 0.1) is 0 Å². The number of ether oxygens (including phenoxy) is 1. The van der Waals surface area contributed by atoms with E-state index >= 15 is 0 Å². The molecule has 0 fully saturated rings. The molecule has 0 saturated heterocycles. The summed E-state index contributed by atoms with van der Waals surface area (Å²) in [4.78, 5) is 11.1. The average Bonchev–Trinajstić information content (AvgIpc) is 2.24. The molecule has 1 aromatic rings. The fraction of sp³-hybridized carbons (Fsp3) is 0.222. The highest BCUT2D eigenvalue weighted by Crippen LogP contribution is 2.34. The van der Waals surface area contributed by atoms with Crippen LogP contribution in [0.15, 0.2) is 16.6 Å². The molecule has 0 aliphatic rings. The van der Waals surface area contributed by atoms with Crippen LogP contribution in [0.5, 0.6) is 5.75 Å². The van der Waals surface area contributed by atoms with Crippen LogP contribution in [0.2, 0.25) is 10.0 Å². The van der Waals surface area contributed by atoms with Crippen molar-refractivity contribution in [2.75, 3.05) is 0 Å². The van der Waals surface area contributed by atoms with E-state index in [1.807, 2.05) is 5.43 Å². The zero-order chi connectivity index (χ0) is 12.3. The zero-order valence-corrected chi connectivity index (χ0v) is 11.4. The van der Waals surface area contributed by atoms with Crippen molar-refractivity contribution in [1.29, 1.82) is 0 Å². The minimum atomic E-state index is -0.750. The van der Waals surface area contributed by atoms with Gasteiger partial charge in [0.2, 0.25) is 0 Å². The molecule has 0 spiro atoms. The highest BCUT2D eigenvalue weighted by molar-refractivity contribution is 9.10. The number of amides is 1. The van der Waals surface area contributed by atoms with E-state index in [1.165, 1.54) is 6.07 Å². The lowest BCUT2D eigenvalue weighted by atomic mass is 10.3. The highest BCUT2D eigenvalue weighted by atomic mass is 79.9. The quantitative estimate of drug-likeness (QED) is 0.388. The molecule has 1 rings (SSSR count). The molecule has 1 unspecified atom stereocenters. The van der Waals surface area contributed by atoms with Gasteiger partial charge in [-0.3, -0.25) is 10.2 Å². The van der Waals surface area contributed by atoms with Crippen LogP contribution < -0.4 is 16.0 Å². The molecule has 0 heterocycles. The summed E-state index contributed by atoms with van der Waals surface area (Å²) in [6.07, 6.45) is -0.750. The second-order valence-corrected chi connectivity index (χ2v) is 4.63. The van der Waals surface area contributed by atoms with Crippen molar-refractivity contribution < 1.29 is 9.53 Å². The second-order valence-electron chi connectivity index (χ2n) is 2.97. The number of rotatable bonds is 3. The first-order valence-corrected chi connectivity index (χ1v) is 5.82. The Balaban J connectivity index is 2.89. The SMILES string of the molecule is CC(Oc1cc(Cl)c(Br)cc1Cl)C(=O)NN. The molecule has 0 aliphatic heterocycles. The second kappa shape index (κ2) is 5.72. The lowest BCUT2D eigenvalue weighted by molar-refractivity contribution is -0.127. The molecule has 1 aromatic carbocycles. The molecule has 88 valence electrons. The van der Waals surface area contributed by atoms with Crippen molar-refractivity contribution in [2.45, 2.75) is 13.0 Å². The third kappa shape index (κ3) is 3.25. The first kappa shape index (κ1) is 13.6. The summed E-state index contributed by atoms with van der Waals surface area (Å²) in [6.45, 7) is 1.55. The maximum atomic E-state index is 11.1. The van der Waals surface area contributed by atoms with Crippen LogP contribution in [0.4, 0.5) is 0 Å². The number of carbonyl (C=O) groups is 1. The van der Waals surface area contributed by atoms with Gasteiger partial charge in [-0.25, -0.2) is 5.84 Å². The van der Waals surface area contributed by atoms with Gasteiger partial charge in [-0.05, 0) is 28.9 Å². The Kier molecular flexibility index (Phi) is 4.86. The zero-order valence-electron chi connectivity index (χ0n) is 8.26. The van der Waals surface area contributed by atoms with Gasteiger partial charge in [-0.2, -0.15) is 0 Å². The lowest BCUT2D eigenvalue weighted by Crippen LogP contribution is -2.40. The maximum Gasteiger partial charge on any atom is 0.274 e. The van der Waals surface area contributed by atoms with Gasteiger partial charge in [-0.1, -0.05) is 23.2 Å². The van der Waals surface area contributed by atoms with E-state index in [0.717, 1.165) is 0 Å². The predicted octanol–water partition coefficient (Wildman–Crippen LogP) is 2.51. The average molecular weight is 328 g/mol. The number of benzene rings is 1. The molecule has 0 aromatic heterocycles. The summed E-state index contributed by atoms with van der Waals surface area (Å²) in [5.74, 6) is 4.85. The first-order chi connectivity index (χ1) is 7.45. The molecule has 0 aliphatic carbocycles. The van der Waals surface area contributed by atoms with E-state index in [9.17, 15) is 4.79 Å². The molecule has 1 atom stereocenters. The Morgan fingerprint density at radius 1 is 1.50 bits per heavy atom. The van der Waals surface area contributed by atoms with Crippen LogP contribution in [0.3, 0.4) is 0 Å². The Morgan fingerprint density at radius 3 is 2.69 bits per heavy atom. The topological polar surface area (TPSA) is 64.3 Å². The Labute approximate surface area is 111 Å². The van der Waals surface area contributed by atoms with Crippen molar-refractivity contribution in [1.82, 2.24) is 5.43 Å². The van der Waals surface area contributed by atoms with Gasteiger partial charge < -0.3 is 4.74 Å². The highest BCUT2D eigenvalue weighted by Gasteiger charge is 2.15. The summed E-state index contributed by atoms with van der Waals surface area (Å²) in [5, 5.41) is 0.799. The van der Waals surface area contributed by atoms with Crippen molar-refractivity contribution in [3.05, 3.63) is 26.7 Å². The molecule has 0 bridgehead atoms. The predicted molar refractivity (Wildman–Crippen MR) is 66.6 cm³/mol. The van der Waals surface area contributed by atoms with E-state index in [0.29, 0.717) is 20.3 Å². The number of hydrazine groups is 1. The molecule has 0 radical (unpaired) electrons. The van der Waals surface area contributed by atoms with Crippen molar-refractivity contribution in [2.24, 2.45) is 5.84 Å². The number of nitrogens with two attached hydrogens (primary N) is 1. The largest absolute Gasteiger partial charge is 0.479 e. The van der Waals surface area contributed by atoms with Crippen LogP contribution in [0.1, 0.15) is 6.92 Å². The first-order valence-electron chi connectivity index (χ1n) is 4.27. The molecule has 0 saturated carbocycles. The van der Waals surface area contributed by atoms with E-state index in [4.69, 9.17) is 33.8 Å². The monoisotopic (exact) mass is 326 g/mol. The Bertz CT molecular complexity index is 415. The lowest BCUT2D eigenvalue weighted by Gasteiger charge is -2.14. The standard InChI is InChI=1S/C9H9BrCl2N2O2/c1-4(9(15)14-13)16-8-3-6(11)5(10)2-7(8)12/h2-4H,13H2,1H3,(H,14,15). The number of halogens is 3. The Hall–Kier alpha value is -0.490. The molecule has 7 heteroatoms. The van der Waals surface area contributed by atoms with E-state index < -0.39 is 12.0 Å². The number of carbonyl (C=O) groups excluding carboxylic acids is 1. The maximum absolute atomic E-state index is 11.1. The fourth-order valence-corrected chi connectivity index (χ4v) is 1.79. The fourth-order valence-electron chi connectivity index (χ4n) is 0.956. The summed E-state index contributed by atoms with van der Waals surface area (Å²) in [6, 6.07) is 3.11. The molecular weight excluding hydrogens is 319 g/mol. The minimum absolute atomic E-state index is 0.325. The third-order valence-corrected chi connectivity index (χ3v) is 3.28. The molecule has 4 nitrogen and oxygen atoms in total. The normalized spacial score (nSPS) is 12.1. The molecule has 3 N–H and O–H groups in total. The van der Waals surface area contributed by atoms with Crippen LogP contribution in [-0.4, -0.2) is 12.0 Å². The summed E-state index contributed by atoms with van der Waals surface area (Å²) in [7, 11) is 0. The van der Waals surface area contributed by atoms with Crippen molar-refractivity contribution in [3.8, 4) is 5.75 Å². The van der Waals surface area contributed by atoms with Gasteiger partial charge in [0.25, 0.3) is 5.91 Å². The van der Waals surface area contributed by atoms with Gasteiger partial charge >= 0.3 is 0 Å². The number of hydrogen-bond acceptors (Lipinski definition) is 3. The molecular formula is C9H9BrCl2N2O2. The molecule has 16 heavy (non-hydrogen) atoms. The van der Waals surface area contributed by atoms with Crippen molar-refractivity contribution >= 4 is 45.0 Å². The summed E-state index contributed by atoms with van der Waals surface area (Å²) < 4.78 is 5.96. The molecule has 1 amide bonds. The third-order valence-electron chi connectivity index (χ3n) is 1.79. The van der Waals surface area contributed by atoms with Gasteiger partial charge in [0.1, 0.15) is 5.75 Å². The number of nitrogens with one attached hydrogen (secondary N) is 1. The summed E-state index contributed by atoms with van der Waals surface area (Å²) >= 11 is 15.0. The van der Waals surface area contributed by atoms with E-state index in [-0.39, 0.29) is 0 Å². The van der Waals surface area contributed by atoms with Gasteiger partial charge in [0, 0.05) is 10.5 Å². The van der Waals surface area contributed by atoms with Crippen LogP contribution in [-0.2, 0) is 4.79 Å². The summed E-state index contributed by atoms with van der Waals surface area (Å²) in [5.41, 5.74) is 1.98. The number of hydrogen-bond donors (Lipinski definition) is 2. The van der Waals surface area contributed by atoms with Crippen molar-refractivity contribution in [3.63, 3.8) is 0 Å². The van der Waals surface area contributed by atoms with E-state index in [1.54, 1.807) is 13.0 Å². The van der Waals surface area contributed by atoms with Gasteiger partial charge in [0.15, 0.2) is 6.10 Å². The van der Waals surface area contributed by atoms with Gasteiger partial charge in [-0.15, -0.1) is 0 Å². The van der Waals surface area contributed by atoms with Gasteiger partial charge in [0.05, 0.1) is 10.0 Å². The van der Waals surface area contributed by atoms with Crippen LogP contribution >= 0.6 is 39.1 Å². The Morgan fingerprint density at radius 2 is 2.12 bits per heavy atom. The van der Waals surface area contributed by atoms with Crippen LogP contribution in [0.25, 0.3) is 0 Å². The van der Waals surface area contributed by atoms with E-state index in [2.05, 4.69) is 15.9 Å².